The molecule has 10 atom stereocenters. The molecule has 0 N–H and O–H groups in total. The molecule has 0 spiro atoms. The molecule has 4 saturated carbocycles. The number of carbonyl (C=O) groups excluding carboxylic acids is 1. The van der Waals surface area contributed by atoms with Gasteiger partial charge in [0.05, 0.1) is 0 Å². The Labute approximate surface area is 211 Å². The number of esters is 1. The molecule has 0 heterocycles. The van der Waals surface area contributed by atoms with E-state index in [0.29, 0.717) is 17.3 Å². The van der Waals surface area contributed by atoms with Gasteiger partial charge in [-0.05, 0) is 122 Å². The van der Waals surface area contributed by atoms with Gasteiger partial charge in [-0.25, -0.2) is 0 Å². The summed E-state index contributed by atoms with van der Waals surface area (Å²) in [4.78, 5) is 12.1. The van der Waals surface area contributed by atoms with Gasteiger partial charge in [-0.3, -0.25) is 4.79 Å². The highest BCUT2D eigenvalue weighted by molar-refractivity contribution is 5.69. The fourth-order valence-electron chi connectivity index (χ4n) is 9.81. The molecule has 196 valence electrons. The van der Waals surface area contributed by atoms with Crippen LogP contribution in [0.15, 0.2) is 0 Å². The zero-order chi connectivity index (χ0) is 24.7. The molecule has 4 aliphatic carbocycles. The molecule has 0 aliphatic heterocycles. The highest BCUT2D eigenvalue weighted by Gasteiger charge is 2.60. The van der Waals surface area contributed by atoms with Crippen molar-refractivity contribution in [3.8, 4) is 0 Å². The first-order chi connectivity index (χ1) is 16.1. The lowest BCUT2D eigenvalue weighted by atomic mass is 9.44. The first kappa shape index (κ1) is 26.5. The van der Waals surface area contributed by atoms with Gasteiger partial charge in [-0.2, -0.15) is 0 Å². The van der Waals surface area contributed by atoms with E-state index in [4.69, 9.17) is 4.74 Å². The van der Waals surface area contributed by atoms with Crippen molar-refractivity contribution >= 4 is 5.97 Å². The van der Waals surface area contributed by atoms with Crippen molar-refractivity contribution in [1.82, 2.24) is 0 Å². The van der Waals surface area contributed by atoms with E-state index in [1.165, 1.54) is 57.8 Å². The number of fused-ring (bicyclic) bond motifs is 5. The van der Waals surface area contributed by atoms with Gasteiger partial charge < -0.3 is 4.74 Å². The van der Waals surface area contributed by atoms with E-state index in [-0.39, 0.29) is 12.1 Å². The molecule has 4 aliphatic rings. The van der Waals surface area contributed by atoms with Crippen molar-refractivity contribution in [3.63, 3.8) is 0 Å². The minimum atomic E-state index is 0.0344. The van der Waals surface area contributed by atoms with Crippen molar-refractivity contribution in [2.24, 2.45) is 58.2 Å². The molecular weight excluding hydrogens is 416 g/mol. The summed E-state index contributed by atoms with van der Waals surface area (Å²) >= 11 is 0. The Kier molecular flexibility index (Phi) is 8.16. The van der Waals surface area contributed by atoms with Crippen LogP contribution in [0.1, 0.15) is 132 Å². The quantitative estimate of drug-likeness (QED) is 0.329. The predicted molar refractivity (Wildman–Crippen MR) is 142 cm³/mol. The Morgan fingerprint density at radius 2 is 1.59 bits per heavy atom. The molecule has 0 saturated heterocycles. The van der Waals surface area contributed by atoms with Gasteiger partial charge in [-0.15, -0.1) is 0 Å². The van der Waals surface area contributed by atoms with Crippen LogP contribution in [-0.2, 0) is 9.53 Å². The van der Waals surface area contributed by atoms with E-state index >= 15 is 0 Å². The van der Waals surface area contributed by atoms with Gasteiger partial charge >= 0.3 is 5.97 Å². The van der Waals surface area contributed by atoms with Gasteiger partial charge in [0.15, 0.2) is 0 Å². The molecule has 0 amide bonds. The lowest BCUT2D eigenvalue weighted by molar-refractivity contribution is -0.162. The summed E-state index contributed by atoms with van der Waals surface area (Å²) in [5.41, 5.74) is 1.06. The lowest BCUT2D eigenvalue weighted by Gasteiger charge is -2.61. The SMILES string of the molecule is CCCC(=O)O[C@H]1CC[C@@]2(C)[C@@H](CC[C@@H]3[C@@H]2CC[C@]2(C)[C@@H]([C@H](C)CC[C@H](C)C(C)C)CC[C@@H]32)C1. The zero-order valence-corrected chi connectivity index (χ0v) is 23.7. The number of carbonyl (C=O) groups is 1. The van der Waals surface area contributed by atoms with Crippen LogP contribution in [0.25, 0.3) is 0 Å². The van der Waals surface area contributed by atoms with Crippen molar-refractivity contribution in [3.05, 3.63) is 0 Å². The summed E-state index contributed by atoms with van der Waals surface area (Å²) in [5, 5.41) is 0. The second-order valence-electron chi connectivity index (χ2n) is 14.3. The van der Waals surface area contributed by atoms with Crippen LogP contribution in [0.5, 0.6) is 0 Å². The second-order valence-corrected chi connectivity index (χ2v) is 14.3. The third-order valence-electron chi connectivity index (χ3n) is 12.3. The average molecular weight is 473 g/mol. The summed E-state index contributed by atoms with van der Waals surface area (Å²) in [7, 11) is 0. The van der Waals surface area contributed by atoms with E-state index in [1.807, 2.05) is 0 Å². The highest BCUT2D eigenvalue weighted by atomic mass is 16.5. The molecule has 0 aromatic carbocycles. The van der Waals surface area contributed by atoms with Gasteiger partial charge in [0.1, 0.15) is 6.10 Å². The molecule has 4 fully saturated rings. The highest BCUT2D eigenvalue weighted by Crippen LogP contribution is 2.68. The maximum atomic E-state index is 12.1. The molecule has 2 nitrogen and oxygen atoms in total. The Morgan fingerprint density at radius 1 is 0.882 bits per heavy atom. The number of hydrogen-bond donors (Lipinski definition) is 0. The number of ether oxygens (including phenoxy) is 1. The maximum absolute atomic E-state index is 12.1. The summed E-state index contributed by atoms with van der Waals surface area (Å²) in [6, 6.07) is 0. The molecule has 34 heavy (non-hydrogen) atoms. The van der Waals surface area contributed by atoms with Gasteiger partial charge in [0, 0.05) is 6.42 Å². The van der Waals surface area contributed by atoms with E-state index in [0.717, 1.165) is 66.6 Å². The predicted octanol–water partition coefficient (Wildman–Crippen LogP) is 9.07. The fourth-order valence-corrected chi connectivity index (χ4v) is 9.81. The third-order valence-corrected chi connectivity index (χ3v) is 12.3. The average Bonchev–Trinajstić information content (AvgIpc) is 3.14. The van der Waals surface area contributed by atoms with Crippen molar-refractivity contribution in [1.29, 1.82) is 0 Å². The van der Waals surface area contributed by atoms with Gasteiger partial charge in [-0.1, -0.05) is 61.3 Å². The summed E-state index contributed by atoms with van der Waals surface area (Å²) in [6.07, 6.45) is 16.7. The standard InChI is InChI=1S/C32H56O2/c1-8-9-30(33)34-25-16-18-31(6)24(20-25)12-13-26-28-15-14-27(32(28,7)19-17-29(26)31)23(5)11-10-22(4)21(2)3/h21-29H,8-20H2,1-7H3/t22-,23+,24-,25-,26-,27+,28-,29-,31-,32+/m0/s1. The van der Waals surface area contributed by atoms with Crippen LogP contribution in [0.3, 0.4) is 0 Å². The minimum Gasteiger partial charge on any atom is -0.462 e. The Morgan fingerprint density at radius 3 is 2.29 bits per heavy atom. The van der Waals surface area contributed by atoms with E-state index in [9.17, 15) is 4.79 Å². The normalized spacial score (nSPS) is 43.5. The van der Waals surface area contributed by atoms with Crippen molar-refractivity contribution < 1.29 is 9.53 Å². The molecule has 0 bridgehead atoms. The van der Waals surface area contributed by atoms with Crippen LogP contribution in [0.2, 0.25) is 0 Å². The smallest absolute Gasteiger partial charge is 0.306 e. The summed E-state index contributed by atoms with van der Waals surface area (Å²) in [6.45, 7) is 17.3. The van der Waals surface area contributed by atoms with Crippen molar-refractivity contribution in [2.75, 3.05) is 0 Å². The van der Waals surface area contributed by atoms with Gasteiger partial charge in [0.2, 0.25) is 0 Å². The van der Waals surface area contributed by atoms with Crippen LogP contribution >= 0.6 is 0 Å². The van der Waals surface area contributed by atoms with Crippen LogP contribution in [0, 0.1) is 58.2 Å². The second kappa shape index (κ2) is 10.5. The largest absolute Gasteiger partial charge is 0.462 e. The molecule has 0 radical (unpaired) electrons. The topological polar surface area (TPSA) is 26.3 Å². The third kappa shape index (κ3) is 4.87. The van der Waals surface area contributed by atoms with E-state index in [1.54, 1.807) is 0 Å². The molecule has 0 aromatic heterocycles. The minimum absolute atomic E-state index is 0.0344. The summed E-state index contributed by atoms with van der Waals surface area (Å²) < 4.78 is 5.90. The molecule has 0 unspecified atom stereocenters. The molecule has 4 rings (SSSR count). The van der Waals surface area contributed by atoms with Crippen LogP contribution < -0.4 is 0 Å². The fraction of sp³-hybridized carbons (Fsp3) is 0.969. The maximum Gasteiger partial charge on any atom is 0.306 e. The Balaban J connectivity index is 1.40. The first-order valence-corrected chi connectivity index (χ1v) is 15.3. The lowest BCUT2D eigenvalue weighted by Crippen LogP contribution is -2.54. The molecule has 0 aromatic rings. The van der Waals surface area contributed by atoms with Crippen molar-refractivity contribution in [2.45, 2.75) is 138 Å². The number of hydrogen-bond acceptors (Lipinski definition) is 2. The zero-order valence-electron chi connectivity index (χ0n) is 23.7. The molecular formula is C32H56O2. The first-order valence-electron chi connectivity index (χ1n) is 15.3. The Hall–Kier alpha value is -0.530. The van der Waals surface area contributed by atoms with Gasteiger partial charge in [0.25, 0.3) is 0 Å². The van der Waals surface area contributed by atoms with Crippen LogP contribution in [-0.4, -0.2) is 12.1 Å². The number of rotatable bonds is 8. The molecule has 2 heteroatoms. The summed E-state index contributed by atoms with van der Waals surface area (Å²) in [5.74, 6) is 7.11. The van der Waals surface area contributed by atoms with E-state index in [2.05, 4.69) is 48.5 Å². The van der Waals surface area contributed by atoms with Crippen LogP contribution in [0.4, 0.5) is 0 Å². The van der Waals surface area contributed by atoms with E-state index < -0.39 is 0 Å². The monoisotopic (exact) mass is 472 g/mol. The Bertz CT molecular complexity index is 699.